The number of hydrogen-bond acceptors (Lipinski definition) is 5. The van der Waals surface area contributed by atoms with Gasteiger partial charge in [0.05, 0.1) is 10.5 Å². The Morgan fingerprint density at radius 3 is 2.04 bits per heavy atom. The lowest BCUT2D eigenvalue weighted by molar-refractivity contribution is 0.0318. The maximum atomic E-state index is 12.4. The number of ketones is 1. The molecule has 2 rings (SSSR count). The fourth-order valence-electron chi connectivity index (χ4n) is 2.47. The Kier molecular flexibility index (Phi) is 6.87. The number of sulfonamides is 1. The van der Waals surface area contributed by atoms with Crippen molar-refractivity contribution in [2.24, 2.45) is 0 Å². The van der Waals surface area contributed by atoms with E-state index in [1.165, 1.54) is 31.2 Å². The van der Waals surface area contributed by atoms with E-state index in [9.17, 15) is 18.0 Å². The highest BCUT2D eigenvalue weighted by Gasteiger charge is 2.21. The maximum Gasteiger partial charge on any atom is 0.338 e. The lowest BCUT2D eigenvalue weighted by Crippen LogP contribution is -2.25. The smallest absolute Gasteiger partial charge is 0.338 e. The van der Waals surface area contributed by atoms with Crippen LogP contribution in [-0.2, 0) is 21.2 Å². The van der Waals surface area contributed by atoms with E-state index in [-0.39, 0.29) is 22.8 Å². The van der Waals surface area contributed by atoms with Gasteiger partial charge in [-0.05, 0) is 43.2 Å². The number of benzene rings is 2. The number of carbonyl (C=O) groups is 2. The van der Waals surface area contributed by atoms with Crippen LogP contribution >= 0.6 is 0 Å². The highest BCUT2D eigenvalue weighted by Crippen LogP contribution is 2.14. The number of esters is 1. The molecule has 27 heavy (non-hydrogen) atoms. The van der Waals surface area contributed by atoms with E-state index in [4.69, 9.17) is 4.74 Å². The predicted octanol–water partition coefficient (Wildman–Crippen LogP) is 2.98. The van der Waals surface area contributed by atoms with Gasteiger partial charge >= 0.3 is 5.97 Å². The quantitative estimate of drug-likeness (QED) is 0.554. The molecule has 144 valence electrons. The molecular weight excluding hydrogens is 366 g/mol. The van der Waals surface area contributed by atoms with Gasteiger partial charge in [-0.15, -0.1) is 0 Å². The van der Waals surface area contributed by atoms with Crippen LogP contribution in [0.2, 0.25) is 0 Å². The van der Waals surface area contributed by atoms with Crippen molar-refractivity contribution < 1.29 is 22.7 Å². The van der Waals surface area contributed by atoms with Gasteiger partial charge in [-0.1, -0.05) is 38.1 Å². The summed E-state index contributed by atoms with van der Waals surface area (Å²) in [4.78, 5) is 24.7. The SMILES string of the molecule is CCNS(=O)(=O)c1ccc(C(=O)O[C@H](C)C(=O)c2ccc(CC)cc2)cc1. The van der Waals surface area contributed by atoms with Gasteiger partial charge in [0.2, 0.25) is 15.8 Å². The fraction of sp³-hybridized carbons (Fsp3) is 0.300. The third-order valence-corrected chi connectivity index (χ3v) is 5.60. The zero-order valence-corrected chi connectivity index (χ0v) is 16.4. The summed E-state index contributed by atoms with van der Waals surface area (Å²) in [6, 6.07) is 12.5. The second-order valence-electron chi connectivity index (χ2n) is 5.99. The summed E-state index contributed by atoms with van der Waals surface area (Å²) in [5.41, 5.74) is 1.76. The first-order valence-electron chi connectivity index (χ1n) is 8.72. The van der Waals surface area contributed by atoms with E-state index >= 15 is 0 Å². The molecule has 0 bridgehead atoms. The Labute approximate surface area is 159 Å². The standard InChI is InChI=1S/C20H23NO5S/c1-4-15-6-8-16(9-7-15)19(22)14(3)26-20(23)17-10-12-18(13-11-17)27(24,25)21-5-2/h6-14,21H,4-5H2,1-3H3/t14-/m1/s1. The van der Waals surface area contributed by atoms with Crippen LogP contribution < -0.4 is 4.72 Å². The Morgan fingerprint density at radius 2 is 1.52 bits per heavy atom. The zero-order valence-electron chi connectivity index (χ0n) is 15.6. The molecule has 0 fully saturated rings. The normalized spacial score (nSPS) is 12.4. The lowest BCUT2D eigenvalue weighted by Gasteiger charge is -2.13. The van der Waals surface area contributed by atoms with Crippen LogP contribution in [0.25, 0.3) is 0 Å². The van der Waals surface area contributed by atoms with Gasteiger partial charge in [0.1, 0.15) is 0 Å². The fourth-order valence-corrected chi connectivity index (χ4v) is 3.51. The first-order valence-corrected chi connectivity index (χ1v) is 10.2. The number of Topliss-reactive ketones (excluding diaryl/α,β-unsaturated/α-hetero) is 1. The first-order chi connectivity index (χ1) is 12.8. The largest absolute Gasteiger partial charge is 0.451 e. The average Bonchev–Trinajstić information content (AvgIpc) is 2.67. The third-order valence-electron chi connectivity index (χ3n) is 4.03. The van der Waals surface area contributed by atoms with E-state index < -0.39 is 22.1 Å². The minimum atomic E-state index is -3.59. The minimum Gasteiger partial charge on any atom is -0.451 e. The average molecular weight is 389 g/mol. The van der Waals surface area contributed by atoms with Crippen LogP contribution in [-0.4, -0.2) is 32.8 Å². The molecule has 1 atom stereocenters. The number of ether oxygens (including phenoxy) is 1. The molecule has 0 aliphatic heterocycles. The van der Waals surface area contributed by atoms with Crippen LogP contribution in [0.5, 0.6) is 0 Å². The van der Waals surface area contributed by atoms with E-state index in [0.29, 0.717) is 5.56 Å². The maximum absolute atomic E-state index is 12.4. The van der Waals surface area contributed by atoms with Crippen molar-refractivity contribution in [2.45, 2.75) is 38.2 Å². The van der Waals surface area contributed by atoms with Crippen molar-refractivity contribution in [1.29, 1.82) is 0 Å². The highest BCUT2D eigenvalue weighted by molar-refractivity contribution is 7.89. The van der Waals surface area contributed by atoms with Crippen LogP contribution in [0.3, 0.4) is 0 Å². The highest BCUT2D eigenvalue weighted by atomic mass is 32.2. The lowest BCUT2D eigenvalue weighted by atomic mass is 10.0. The predicted molar refractivity (Wildman–Crippen MR) is 102 cm³/mol. The van der Waals surface area contributed by atoms with E-state index in [1.54, 1.807) is 19.1 Å². The number of carbonyl (C=O) groups excluding carboxylic acids is 2. The van der Waals surface area contributed by atoms with Crippen molar-refractivity contribution in [3.8, 4) is 0 Å². The second kappa shape index (κ2) is 8.92. The van der Waals surface area contributed by atoms with Gasteiger partial charge in [0.25, 0.3) is 0 Å². The summed E-state index contributed by atoms with van der Waals surface area (Å²) in [6.45, 7) is 5.48. The van der Waals surface area contributed by atoms with Crippen molar-refractivity contribution in [2.75, 3.05) is 6.54 Å². The topological polar surface area (TPSA) is 89.5 Å². The van der Waals surface area contributed by atoms with Gasteiger partial charge < -0.3 is 4.74 Å². The van der Waals surface area contributed by atoms with Crippen LogP contribution in [0.15, 0.2) is 53.4 Å². The Bertz CT molecular complexity index is 902. The Morgan fingerprint density at radius 1 is 0.963 bits per heavy atom. The molecule has 7 heteroatoms. The zero-order chi connectivity index (χ0) is 20.0. The minimum absolute atomic E-state index is 0.0565. The summed E-state index contributed by atoms with van der Waals surface area (Å²) < 4.78 is 31.4. The molecule has 0 aliphatic carbocycles. The molecule has 2 aromatic carbocycles. The summed E-state index contributed by atoms with van der Waals surface area (Å²) >= 11 is 0. The number of aryl methyl sites for hydroxylation is 1. The van der Waals surface area contributed by atoms with Crippen molar-refractivity contribution >= 4 is 21.8 Å². The van der Waals surface area contributed by atoms with Gasteiger partial charge in [0, 0.05) is 12.1 Å². The summed E-state index contributed by atoms with van der Waals surface area (Å²) in [5, 5.41) is 0. The molecule has 0 spiro atoms. The molecule has 1 N–H and O–H groups in total. The molecule has 0 aliphatic rings. The Hall–Kier alpha value is -2.51. The third kappa shape index (κ3) is 5.24. The van der Waals surface area contributed by atoms with Crippen LogP contribution in [0.4, 0.5) is 0 Å². The van der Waals surface area contributed by atoms with Gasteiger partial charge in [-0.25, -0.2) is 17.9 Å². The molecule has 0 saturated carbocycles. The van der Waals surface area contributed by atoms with E-state index in [2.05, 4.69) is 4.72 Å². The molecule has 0 aromatic heterocycles. The molecule has 0 saturated heterocycles. The summed E-state index contributed by atoms with van der Waals surface area (Å²) in [6.07, 6.45) is -0.0754. The van der Waals surface area contributed by atoms with Gasteiger partial charge in [-0.3, -0.25) is 4.79 Å². The molecular formula is C20H23NO5S. The summed E-state index contributed by atoms with van der Waals surface area (Å²) in [5.74, 6) is -0.981. The van der Waals surface area contributed by atoms with Crippen molar-refractivity contribution in [1.82, 2.24) is 4.72 Å². The second-order valence-corrected chi connectivity index (χ2v) is 7.75. The Balaban J connectivity index is 2.06. The molecule has 0 unspecified atom stereocenters. The molecule has 0 heterocycles. The van der Waals surface area contributed by atoms with Gasteiger partial charge in [0.15, 0.2) is 6.10 Å². The van der Waals surface area contributed by atoms with E-state index in [1.807, 2.05) is 19.1 Å². The first kappa shape index (κ1) is 20.8. The van der Waals surface area contributed by atoms with Crippen LogP contribution in [0, 0.1) is 0 Å². The number of nitrogens with one attached hydrogen (secondary N) is 1. The van der Waals surface area contributed by atoms with Crippen molar-refractivity contribution in [3.05, 3.63) is 65.2 Å². The van der Waals surface area contributed by atoms with E-state index in [0.717, 1.165) is 12.0 Å². The summed E-state index contributed by atoms with van der Waals surface area (Å²) in [7, 11) is -3.59. The van der Waals surface area contributed by atoms with Crippen LogP contribution in [0.1, 0.15) is 47.1 Å². The molecule has 6 nitrogen and oxygen atoms in total. The molecule has 0 radical (unpaired) electrons. The molecule has 0 amide bonds. The van der Waals surface area contributed by atoms with Crippen molar-refractivity contribution in [3.63, 3.8) is 0 Å². The number of hydrogen-bond donors (Lipinski definition) is 1. The van der Waals surface area contributed by atoms with Gasteiger partial charge in [-0.2, -0.15) is 0 Å². The number of rotatable bonds is 8. The molecule has 2 aromatic rings. The monoisotopic (exact) mass is 389 g/mol.